The van der Waals surface area contributed by atoms with Crippen LogP contribution in [0.15, 0.2) is 66.9 Å². The predicted molar refractivity (Wildman–Crippen MR) is 114 cm³/mol. The monoisotopic (exact) mass is 349 g/mol. The number of para-hydroxylation sites is 1. The zero-order valence-electron chi connectivity index (χ0n) is 16.3. The summed E-state index contributed by atoms with van der Waals surface area (Å²) in [5, 5.41) is 1.20. The molecule has 0 unspecified atom stereocenters. The minimum absolute atomic E-state index is 0.0489. The van der Waals surface area contributed by atoms with Gasteiger partial charge in [-0.25, -0.2) is 0 Å². The van der Waals surface area contributed by atoms with Crippen molar-refractivity contribution in [1.29, 1.82) is 0 Å². The molecule has 0 fully saturated rings. The molecule has 0 saturated carbocycles. The van der Waals surface area contributed by atoms with Crippen LogP contribution in [0.2, 0.25) is 0 Å². The summed E-state index contributed by atoms with van der Waals surface area (Å²) in [5.74, 6) is 0. The van der Waals surface area contributed by atoms with Crippen molar-refractivity contribution in [2.45, 2.75) is 33.1 Å². The van der Waals surface area contributed by atoms with Gasteiger partial charge in [0.15, 0.2) is 0 Å². The van der Waals surface area contributed by atoms with Crippen LogP contribution in [0, 0.1) is 13.8 Å². The number of aryl methyl sites for hydroxylation is 2. The largest absolute Gasteiger partial charge is 0.255 e. The van der Waals surface area contributed by atoms with Crippen LogP contribution < -0.4 is 0 Å². The lowest BCUT2D eigenvalue weighted by Gasteiger charge is -2.23. The summed E-state index contributed by atoms with van der Waals surface area (Å²) in [5.41, 5.74) is 11.8. The molecule has 0 N–H and O–H groups in total. The van der Waals surface area contributed by atoms with E-state index in [-0.39, 0.29) is 5.41 Å². The van der Waals surface area contributed by atoms with E-state index in [0.29, 0.717) is 0 Å². The molecule has 132 valence electrons. The number of pyridine rings is 1. The molecule has 1 aliphatic carbocycles. The van der Waals surface area contributed by atoms with Crippen LogP contribution >= 0.6 is 0 Å². The van der Waals surface area contributed by atoms with Gasteiger partial charge in [0.05, 0.1) is 5.52 Å². The average molecular weight is 349 g/mol. The van der Waals surface area contributed by atoms with E-state index in [1.807, 2.05) is 6.20 Å². The summed E-state index contributed by atoms with van der Waals surface area (Å²) in [4.78, 5) is 4.75. The average Bonchev–Trinajstić information content (AvgIpc) is 2.90. The van der Waals surface area contributed by atoms with Gasteiger partial charge in [-0.2, -0.15) is 0 Å². The molecular formula is C26H23N. The quantitative estimate of drug-likeness (QED) is 0.367. The lowest BCUT2D eigenvalue weighted by atomic mass is 9.80. The first-order valence-electron chi connectivity index (χ1n) is 9.57. The Kier molecular flexibility index (Phi) is 3.33. The van der Waals surface area contributed by atoms with E-state index in [0.717, 1.165) is 5.52 Å². The van der Waals surface area contributed by atoms with E-state index in [4.69, 9.17) is 4.98 Å². The van der Waals surface area contributed by atoms with Crippen molar-refractivity contribution in [3.05, 3.63) is 89.1 Å². The first-order chi connectivity index (χ1) is 13.0. The first kappa shape index (κ1) is 16.3. The van der Waals surface area contributed by atoms with E-state index >= 15 is 0 Å². The van der Waals surface area contributed by atoms with Gasteiger partial charge in [-0.3, -0.25) is 4.98 Å². The minimum atomic E-state index is 0.0489. The highest BCUT2D eigenvalue weighted by Crippen LogP contribution is 2.50. The van der Waals surface area contributed by atoms with E-state index in [9.17, 15) is 0 Å². The van der Waals surface area contributed by atoms with Crippen LogP contribution in [-0.2, 0) is 5.41 Å². The highest BCUT2D eigenvalue weighted by Gasteiger charge is 2.36. The summed E-state index contributed by atoms with van der Waals surface area (Å²) in [6.07, 6.45) is 2.02. The number of fused-ring (bicyclic) bond motifs is 4. The van der Waals surface area contributed by atoms with E-state index < -0.39 is 0 Å². The Morgan fingerprint density at radius 1 is 0.741 bits per heavy atom. The van der Waals surface area contributed by atoms with Gasteiger partial charge in [-0.1, -0.05) is 62.4 Å². The Hall–Kier alpha value is -2.93. The van der Waals surface area contributed by atoms with Crippen molar-refractivity contribution in [1.82, 2.24) is 4.98 Å². The van der Waals surface area contributed by atoms with Crippen LogP contribution in [0.25, 0.3) is 33.2 Å². The fraction of sp³-hybridized carbons (Fsp3) is 0.192. The normalized spacial score (nSPS) is 14.2. The van der Waals surface area contributed by atoms with Crippen molar-refractivity contribution in [3.8, 4) is 22.3 Å². The molecule has 1 aliphatic rings. The molecule has 4 aromatic rings. The third-order valence-corrected chi connectivity index (χ3v) is 6.10. The Morgan fingerprint density at radius 3 is 2.41 bits per heavy atom. The predicted octanol–water partition coefficient (Wildman–Crippen LogP) is 6.82. The molecule has 0 saturated heterocycles. The lowest BCUT2D eigenvalue weighted by molar-refractivity contribution is 0.656. The lowest BCUT2D eigenvalue weighted by Crippen LogP contribution is -2.16. The van der Waals surface area contributed by atoms with Crippen LogP contribution in [-0.4, -0.2) is 4.98 Å². The first-order valence-corrected chi connectivity index (χ1v) is 9.57. The Balaban J connectivity index is 1.75. The molecule has 27 heavy (non-hydrogen) atoms. The Morgan fingerprint density at radius 2 is 1.56 bits per heavy atom. The molecule has 0 spiro atoms. The van der Waals surface area contributed by atoms with Crippen molar-refractivity contribution < 1.29 is 0 Å². The van der Waals surface area contributed by atoms with E-state index in [1.54, 1.807) is 0 Å². The van der Waals surface area contributed by atoms with Gasteiger partial charge in [-0.05, 0) is 64.9 Å². The number of nitrogens with zero attached hydrogens (tertiary/aromatic N) is 1. The molecule has 1 heterocycles. The second-order valence-corrected chi connectivity index (χ2v) is 8.26. The number of rotatable bonds is 1. The zero-order valence-corrected chi connectivity index (χ0v) is 16.3. The van der Waals surface area contributed by atoms with Crippen molar-refractivity contribution in [2.75, 3.05) is 0 Å². The Labute approximate surface area is 160 Å². The molecule has 1 aromatic heterocycles. The molecule has 3 aromatic carbocycles. The molecule has 0 bridgehead atoms. The Bertz CT molecular complexity index is 1210. The molecule has 5 rings (SSSR count). The zero-order chi connectivity index (χ0) is 18.8. The number of hydrogen-bond donors (Lipinski definition) is 0. The fourth-order valence-corrected chi connectivity index (χ4v) is 4.86. The van der Waals surface area contributed by atoms with Gasteiger partial charge in [-0.15, -0.1) is 0 Å². The van der Waals surface area contributed by atoms with E-state index in [1.165, 1.54) is 49.9 Å². The molecule has 0 atom stereocenters. The van der Waals surface area contributed by atoms with Gasteiger partial charge in [0, 0.05) is 22.6 Å². The maximum atomic E-state index is 4.75. The van der Waals surface area contributed by atoms with Gasteiger partial charge >= 0.3 is 0 Å². The summed E-state index contributed by atoms with van der Waals surface area (Å²) in [7, 11) is 0. The van der Waals surface area contributed by atoms with Crippen LogP contribution in [0.1, 0.15) is 36.1 Å². The molecule has 1 nitrogen and oxygen atoms in total. The fourth-order valence-electron chi connectivity index (χ4n) is 4.86. The second kappa shape index (κ2) is 5.53. The molecule has 0 aliphatic heterocycles. The summed E-state index contributed by atoms with van der Waals surface area (Å²) >= 11 is 0. The standard InChI is InChI=1S/C26H23N/c1-16-8-7-9-18-13-20(15-27-25(16)18)19-12-17(2)24-22(14-19)21-10-5-6-11-23(21)26(24,3)4/h5-15H,1-4H3. The maximum absolute atomic E-state index is 4.75. The molecular weight excluding hydrogens is 326 g/mol. The van der Waals surface area contributed by atoms with Gasteiger partial charge in [0.2, 0.25) is 0 Å². The SMILES string of the molecule is Cc1cc(-c2cnc3c(C)cccc3c2)cc2c1C(C)(C)c1ccccc1-2. The summed E-state index contributed by atoms with van der Waals surface area (Å²) in [6, 6.07) is 22.1. The third kappa shape index (κ3) is 2.28. The maximum Gasteiger partial charge on any atom is 0.0731 e. The van der Waals surface area contributed by atoms with Gasteiger partial charge < -0.3 is 0 Å². The third-order valence-electron chi connectivity index (χ3n) is 6.10. The van der Waals surface area contributed by atoms with Crippen molar-refractivity contribution in [2.24, 2.45) is 0 Å². The number of aromatic nitrogens is 1. The van der Waals surface area contributed by atoms with Crippen molar-refractivity contribution >= 4 is 10.9 Å². The van der Waals surface area contributed by atoms with E-state index in [2.05, 4.69) is 88.4 Å². The minimum Gasteiger partial charge on any atom is -0.255 e. The number of hydrogen-bond acceptors (Lipinski definition) is 1. The van der Waals surface area contributed by atoms with Crippen LogP contribution in [0.5, 0.6) is 0 Å². The molecule has 0 radical (unpaired) electrons. The molecule has 0 amide bonds. The van der Waals surface area contributed by atoms with Gasteiger partial charge in [0.1, 0.15) is 0 Å². The highest BCUT2D eigenvalue weighted by molar-refractivity contribution is 5.89. The van der Waals surface area contributed by atoms with Gasteiger partial charge in [0.25, 0.3) is 0 Å². The topological polar surface area (TPSA) is 12.9 Å². The highest BCUT2D eigenvalue weighted by atomic mass is 14.7. The van der Waals surface area contributed by atoms with Crippen LogP contribution in [0.3, 0.4) is 0 Å². The summed E-state index contributed by atoms with van der Waals surface area (Å²) < 4.78 is 0. The second-order valence-electron chi connectivity index (χ2n) is 8.26. The summed E-state index contributed by atoms with van der Waals surface area (Å²) in [6.45, 7) is 9.04. The molecule has 1 heteroatoms. The van der Waals surface area contributed by atoms with Crippen molar-refractivity contribution in [3.63, 3.8) is 0 Å². The smallest absolute Gasteiger partial charge is 0.0731 e. The number of benzene rings is 3. The van der Waals surface area contributed by atoms with Crippen LogP contribution in [0.4, 0.5) is 0 Å².